The number of hydrogen-bond donors (Lipinski definition) is 1. The Balaban J connectivity index is 1.43. The van der Waals surface area contributed by atoms with Crippen molar-refractivity contribution in [2.75, 3.05) is 18.5 Å². The molecule has 152 valence electrons. The molecule has 3 rings (SSSR count). The van der Waals surface area contributed by atoms with Gasteiger partial charge in [0.1, 0.15) is 5.75 Å². The van der Waals surface area contributed by atoms with E-state index in [2.05, 4.69) is 86.8 Å². The van der Waals surface area contributed by atoms with E-state index in [4.69, 9.17) is 4.74 Å². The maximum atomic E-state index is 5.87. The van der Waals surface area contributed by atoms with Gasteiger partial charge in [-0.15, -0.1) is 0 Å². The highest BCUT2D eigenvalue weighted by molar-refractivity contribution is 5.46. The number of rotatable bonds is 10. The first-order chi connectivity index (χ1) is 14.1. The third-order valence-corrected chi connectivity index (χ3v) is 5.16. The van der Waals surface area contributed by atoms with Crippen molar-refractivity contribution in [1.82, 2.24) is 0 Å². The SMILES string of the molecule is CC(C)Cc1ccc(C(C)CNc2ccc(OCCc3ccccc3)cc2)cc1. The molecule has 1 N–H and O–H groups in total. The molecule has 0 saturated carbocycles. The van der Waals surface area contributed by atoms with Crippen LogP contribution in [0.5, 0.6) is 5.75 Å². The van der Waals surface area contributed by atoms with E-state index in [-0.39, 0.29) is 0 Å². The quantitative estimate of drug-likeness (QED) is 0.417. The van der Waals surface area contributed by atoms with Crippen LogP contribution in [-0.4, -0.2) is 13.2 Å². The average Bonchev–Trinajstić information content (AvgIpc) is 2.74. The first-order valence-corrected chi connectivity index (χ1v) is 10.7. The zero-order valence-corrected chi connectivity index (χ0v) is 17.9. The summed E-state index contributed by atoms with van der Waals surface area (Å²) in [6.07, 6.45) is 2.07. The predicted molar refractivity (Wildman–Crippen MR) is 124 cm³/mol. The highest BCUT2D eigenvalue weighted by atomic mass is 16.5. The lowest BCUT2D eigenvalue weighted by Gasteiger charge is -2.15. The van der Waals surface area contributed by atoms with Crippen LogP contribution in [0, 0.1) is 5.92 Å². The van der Waals surface area contributed by atoms with Crippen molar-refractivity contribution in [3.8, 4) is 5.75 Å². The molecule has 3 aromatic carbocycles. The van der Waals surface area contributed by atoms with Crippen LogP contribution >= 0.6 is 0 Å². The Morgan fingerprint density at radius 3 is 2.10 bits per heavy atom. The van der Waals surface area contributed by atoms with E-state index >= 15 is 0 Å². The Labute approximate surface area is 175 Å². The van der Waals surface area contributed by atoms with Crippen molar-refractivity contribution in [3.05, 3.63) is 95.6 Å². The second kappa shape index (κ2) is 10.7. The summed E-state index contributed by atoms with van der Waals surface area (Å²) in [5.41, 5.74) is 5.23. The van der Waals surface area contributed by atoms with Gasteiger partial charge in [0.15, 0.2) is 0 Å². The van der Waals surface area contributed by atoms with E-state index in [1.807, 2.05) is 18.2 Å². The lowest BCUT2D eigenvalue weighted by atomic mass is 9.97. The van der Waals surface area contributed by atoms with Crippen LogP contribution in [0.4, 0.5) is 5.69 Å². The molecule has 0 spiro atoms. The number of hydrogen-bond acceptors (Lipinski definition) is 2. The van der Waals surface area contributed by atoms with E-state index in [0.717, 1.165) is 30.8 Å². The van der Waals surface area contributed by atoms with Crippen molar-refractivity contribution in [2.45, 2.75) is 39.5 Å². The molecular weight excluding hydrogens is 354 g/mol. The zero-order chi connectivity index (χ0) is 20.5. The standard InChI is InChI=1S/C27H33NO/c1-21(2)19-24-9-11-25(12-10-24)22(3)20-28-26-13-15-27(16-14-26)29-18-17-23-7-5-4-6-8-23/h4-16,21-22,28H,17-20H2,1-3H3. The van der Waals surface area contributed by atoms with Crippen LogP contribution in [-0.2, 0) is 12.8 Å². The van der Waals surface area contributed by atoms with Gasteiger partial charge in [0.2, 0.25) is 0 Å². The highest BCUT2D eigenvalue weighted by Crippen LogP contribution is 2.20. The monoisotopic (exact) mass is 387 g/mol. The summed E-state index contributed by atoms with van der Waals surface area (Å²) in [5.74, 6) is 2.08. The van der Waals surface area contributed by atoms with Crippen molar-refractivity contribution in [1.29, 1.82) is 0 Å². The Morgan fingerprint density at radius 2 is 1.45 bits per heavy atom. The van der Waals surface area contributed by atoms with Crippen molar-refractivity contribution in [2.24, 2.45) is 5.92 Å². The Morgan fingerprint density at radius 1 is 0.759 bits per heavy atom. The second-order valence-corrected chi connectivity index (χ2v) is 8.23. The minimum atomic E-state index is 0.463. The molecule has 2 nitrogen and oxygen atoms in total. The molecule has 0 heterocycles. The molecule has 1 unspecified atom stereocenters. The average molecular weight is 388 g/mol. The molecule has 0 aromatic heterocycles. The largest absolute Gasteiger partial charge is 0.493 e. The molecule has 0 aliphatic heterocycles. The maximum Gasteiger partial charge on any atom is 0.119 e. The van der Waals surface area contributed by atoms with Gasteiger partial charge in [-0.25, -0.2) is 0 Å². The van der Waals surface area contributed by atoms with Crippen LogP contribution in [0.1, 0.15) is 43.4 Å². The predicted octanol–water partition coefficient (Wildman–Crippen LogP) is 6.72. The molecule has 2 heteroatoms. The van der Waals surface area contributed by atoms with Gasteiger partial charge < -0.3 is 10.1 Å². The van der Waals surface area contributed by atoms with Gasteiger partial charge in [-0.2, -0.15) is 0 Å². The third kappa shape index (κ3) is 6.98. The molecule has 29 heavy (non-hydrogen) atoms. The minimum absolute atomic E-state index is 0.463. The summed E-state index contributed by atoms with van der Waals surface area (Å²) < 4.78 is 5.87. The summed E-state index contributed by atoms with van der Waals surface area (Å²) in [6, 6.07) is 27.8. The minimum Gasteiger partial charge on any atom is -0.493 e. The Hall–Kier alpha value is -2.74. The summed E-state index contributed by atoms with van der Waals surface area (Å²) in [6.45, 7) is 8.41. The van der Waals surface area contributed by atoms with Crippen LogP contribution in [0.3, 0.4) is 0 Å². The molecule has 0 radical (unpaired) electrons. The van der Waals surface area contributed by atoms with Crippen LogP contribution in [0.15, 0.2) is 78.9 Å². The van der Waals surface area contributed by atoms with E-state index in [1.165, 1.54) is 16.7 Å². The number of anilines is 1. The van der Waals surface area contributed by atoms with Crippen molar-refractivity contribution in [3.63, 3.8) is 0 Å². The lowest BCUT2D eigenvalue weighted by Crippen LogP contribution is -2.10. The number of nitrogens with one attached hydrogen (secondary N) is 1. The molecular formula is C27H33NO. The van der Waals surface area contributed by atoms with E-state index < -0.39 is 0 Å². The van der Waals surface area contributed by atoms with Gasteiger partial charge in [0.05, 0.1) is 6.61 Å². The zero-order valence-electron chi connectivity index (χ0n) is 17.9. The van der Waals surface area contributed by atoms with Gasteiger partial charge >= 0.3 is 0 Å². The lowest BCUT2D eigenvalue weighted by molar-refractivity contribution is 0.322. The van der Waals surface area contributed by atoms with Gasteiger partial charge in [0, 0.05) is 18.7 Å². The van der Waals surface area contributed by atoms with Gasteiger partial charge in [-0.05, 0) is 59.2 Å². The molecule has 0 saturated heterocycles. The second-order valence-electron chi connectivity index (χ2n) is 8.23. The van der Waals surface area contributed by atoms with Gasteiger partial charge in [0.25, 0.3) is 0 Å². The molecule has 0 aliphatic carbocycles. The van der Waals surface area contributed by atoms with E-state index in [0.29, 0.717) is 18.4 Å². The topological polar surface area (TPSA) is 21.3 Å². The number of benzene rings is 3. The maximum absolute atomic E-state index is 5.87. The van der Waals surface area contributed by atoms with Crippen molar-refractivity contribution < 1.29 is 4.74 Å². The summed E-state index contributed by atoms with van der Waals surface area (Å²) in [7, 11) is 0. The van der Waals surface area contributed by atoms with Crippen LogP contribution in [0.2, 0.25) is 0 Å². The fraction of sp³-hybridized carbons (Fsp3) is 0.333. The Kier molecular flexibility index (Phi) is 7.75. The highest BCUT2D eigenvalue weighted by Gasteiger charge is 2.06. The molecule has 1 atom stereocenters. The third-order valence-electron chi connectivity index (χ3n) is 5.16. The van der Waals surface area contributed by atoms with Crippen molar-refractivity contribution >= 4 is 5.69 Å². The number of ether oxygens (including phenoxy) is 1. The smallest absolute Gasteiger partial charge is 0.119 e. The van der Waals surface area contributed by atoms with Gasteiger partial charge in [-0.1, -0.05) is 75.4 Å². The fourth-order valence-electron chi connectivity index (χ4n) is 3.44. The first kappa shape index (κ1) is 21.0. The summed E-state index contributed by atoms with van der Waals surface area (Å²) in [5, 5.41) is 3.54. The van der Waals surface area contributed by atoms with Gasteiger partial charge in [-0.3, -0.25) is 0 Å². The first-order valence-electron chi connectivity index (χ1n) is 10.7. The molecule has 0 fully saturated rings. The summed E-state index contributed by atoms with van der Waals surface area (Å²) >= 11 is 0. The van der Waals surface area contributed by atoms with E-state index in [9.17, 15) is 0 Å². The Bertz CT molecular complexity index is 838. The molecule has 0 aliphatic rings. The van der Waals surface area contributed by atoms with E-state index in [1.54, 1.807) is 0 Å². The molecule has 0 amide bonds. The summed E-state index contributed by atoms with van der Waals surface area (Å²) in [4.78, 5) is 0. The fourth-order valence-corrected chi connectivity index (χ4v) is 3.44. The van der Waals surface area contributed by atoms with Crippen LogP contribution in [0.25, 0.3) is 0 Å². The van der Waals surface area contributed by atoms with Crippen LogP contribution < -0.4 is 10.1 Å². The normalized spacial score (nSPS) is 12.0. The molecule has 0 bridgehead atoms. The molecule has 3 aromatic rings.